The van der Waals surface area contributed by atoms with E-state index in [1.54, 1.807) is 0 Å². The van der Waals surface area contributed by atoms with E-state index in [0.29, 0.717) is 0 Å². The molecule has 1 aromatic carbocycles. The van der Waals surface area contributed by atoms with Gasteiger partial charge in [-0.1, -0.05) is 36.9 Å². The monoisotopic (exact) mass is 201 g/mol. The zero-order valence-corrected chi connectivity index (χ0v) is 9.45. The Labute approximate surface area is 92.4 Å². The van der Waals surface area contributed by atoms with E-state index in [4.69, 9.17) is 0 Å². The summed E-state index contributed by atoms with van der Waals surface area (Å²) < 4.78 is 0. The minimum Gasteiger partial charge on any atom is -0.306 e. The van der Waals surface area contributed by atoms with E-state index in [1.807, 2.05) is 6.08 Å². The molecule has 0 bridgehead atoms. The average molecular weight is 201 g/mol. The fraction of sp³-hybridized carbons (Fsp3) is 0.429. The highest BCUT2D eigenvalue weighted by molar-refractivity contribution is 5.47. The van der Waals surface area contributed by atoms with E-state index in [9.17, 15) is 0 Å². The van der Waals surface area contributed by atoms with Gasteiger partial charge < -0.3 is 4.90 Å². The molecule has 0 atom stereocenters. The molecule has 1 heterocycles. The molecular formula is C14H19N. The zero-order chi connectivity index (χ0) is 10.7. The maximum absolute atomic E-state index is 3.78. The third-order valence-electron chi connectivity index (χ3n) is 3.36. The van der Waals surface area contributed by atoms with E-state index >= 15 is 0 Å². The van der Waals surface area contributed by atoms with Gasteiger partial charge in [0.15, 0.2) is 0 Å². The lowest BCUT2D eigenvalue weighted by Crippen LogP contribution is -2.29. The quantitative estimate of drug-likeness (QED) is 0.710. The second-order valence-electron chi connectivity index (χ2n) is 4.45. The summed E-state index contributed by atoms with van der Waals surface area (Å²) in [5.74, 6) is 0.764. The number of hydrogen-bond acceptors (Lipinski definition) is 1. The molecule has 1 aliphatic heterocycles. The summed E-state index contributed by atoms with van der Waals surface area (Å²) in [6, 6.07) is 8.85. The Morgan fingerprint density at radius 3 is 2.33 bits per heavy atom. The fourth-order valence-electron chi connectivity index (χ4n) is 2.25. The van der Waals surface area contributed by atoms with Crippen LogP contribution in [-0.2, 0) is 0 Å². The SMILES string of the molecule is C=Cc1ccc(C2CCN(C)CC2)cc1. The van der Waals surface area contributed by atoms with Gasteiger partial charge in [0.25, 0.3) is 0 Å². The molecule has 0 unspecified atom stereocenters. The van der Waals surface area contributed by atoms with E-state index in [1.165, 1.54) is 37.1 Å². The minimum absolute atomic E-state index is 0.764. The van der Waals surface area contributed by atoms with Crippen molar-refractivity contribution < 1.29 is 0 Å². The van der Waals surface area contributed by atoms with Gasteiger partial charge in [-0.3, -0.25) is 0 Å². The Balaban J connectivity index is 2.06. The second kappa shape index (κ2) is 4.63. The third-order valence-corrected chi connectivity index (χ3v) is 3.36. The molecule has 1 aliphatic rings. The number of rotatable bonds is 2. The molecule has 0 N–H and O–H groups in total. The summed E-state index contributed by atoms with van der Waals surface area (Å²) in [6.45, 7) is 6.24. The third kappa shape index (κ3) is 2.48. The molecule has 0 radical (unpaired) electrons. The van der Waals surface area contributed by atoms with Crippen LogP contribution in [0.3, 0.4) is 0 Å². The molecular weight excluding hydrogens is 182 g/mol. The first-order chi connectivity index (χ1) is 7.29. The lowest BCUT2D eigenvalue weighted by molar-refractivity contribution is 0.255. The van der Waals surface area contributed by atoms with Crippen LogP contribution in [0.4, 0.5) is 0 Å². The summed E-state index contributed by atoms with van der Waals surface area (Å²) in [6.07, 6.45) is 4.49. The maximum Gasteiger partial charge on any atom is -0.00159 e. The Kier molecular flexibility index (Phi) is 3.22. The average Bonchev–Trinajstić information content (AvgIpc) is 2.30. The smallest absolute Gasteiger partial charge is 0.00159 e. The number of hydrogen-bond donors (Lipinski definition) is 0. The van der Waals surface area contributed by atoms with E-state index in [0.717, 1.165) is 5.92 Å². The first-order valence-electron chi connectivity index (χ1n) is 5.70. The number of nitrogens with zero attached hydrogens (tertiary/aromatic N) is 1. The van der Waals surface area contributed by atoms with Crippen molar-refractivity contribution in [3.05, 3.63) is 42.0 Å². The highest BCUT2D eigenvalue weighted by atomic mass is 15.1. The largest absolute Gasteiger partial charge is 0.306 e. The first-order valence-corrected chi connectivity index (χ1v) is 5.70. The number of piperidine rings is 1. The van der Waals surface area contributed by atoms with Crippen molar-refractivity contribution in [3.63, 3.8) is 0 Å². The first kappa shape index (κ1) is 10.4. The van der Waals surface area contributed by atoms with Crippen LogP contribution >= 0.6 is 0 Å². The van der Waals surface area contributed by atoms with Gasteiger partial charge in [-0.05, 0) is 50.0 Å². The molecule has 0 aromatic heterocycles. The van der Waals surface area contributed by atoms with Gasteiger partial charge in [0.2, 0.25) is 0 Å². The van der Waals surface area contributed by atoms with Crippen LogP contribution in [0.1, 0.15) is 29.9 Å². The Bertz CT molecular complexity index is 318. The van der Waals surface area contributed by atoms with Crippen LogP contribution in [-0.4, -0.2) is 25.0 Å². The zero-order valence-electron chi connectivity index (χ0n) is 9.45. The van der Waals surface area contributed by atoms with Crippen LogP contribution in [0.5, 0.6) is 0 Å². The van der Waals surface area contributed by atoms with Crippen LogP contribution in [0, 0.1) is 0 Å². The minimum atomic E-state index is 0.764. The molecule has 1 saturated heterocycles. The van der Waals surface area contributed by atoms with Crippen molar-refractivity contribution in [2.75, 3.05) is 20.1 Å². The van der Waals surface area contributed by atoms with Crippen LogP contribution in [0.15, 0.2) is 30.8 Å². The van der Waals surface area contributed by atoms with Crippen LogP contribution in [0.2, 0.25) is 0 Å². The van der Waals surface area contributed by atoms with Crippen molar-refractivity contribution in [2.24, 2.45) is 0 Å². The van der Waals surface area contributed by atoms with Crippen molar-refractivity contribution in [1.29, 1.82) is 0 Å². The molecule has 1 fully saturated rings. The molecule has 0 saturated carbocycles. The van der Waals surface area contributed by atoms with Gasteiger partial charge in [0.1, 0.15) is 0 Å². The standard InChI is InChI=1S/C14H19N/c1-3-12-4-6-13(7-5-12)14-8-10-15(2)11-9-14/h3-7,14H,1,8-11H2,2H3. The summed E-state index contributed by atoms with van der Waals surface area (Å²) in [7, 11) is 2.21. The predicted octanol–water partition coefficient (Wildman–Crippen LogP) is 3.14. The molecule has 0 spiro atoms. The molecule has 0 aliphatic carbocycles. The van der Waals surface area contributed by atoms with Gasteiger partial charge in [-0.25, -0.2) is 0 Å². The Morgan fingerprint density at radius 2 is 1.80 bits per heavy atom. The highest BCUT2D eigenvalue weighted by Crippen LogP contribution is 2.27. The molecule has 80 valence electrons. The second-order valence-corrected chi connectivity index (χ2v) is 4.45. The highest BCUT2D eigenvalue weighted by Gasteiger charge is 2.17. The van der Waals surface area contributed by atoms with Gasteiger partial charge in [-0.15, -0.1) is 0 Å². The summed E-state index contributed by atoms with van der Waals surface area (Å²) in [5, 5.41) is 0. The predicted molar refractivity (Wildman–Crippen MR) is 66.0 cm³/mol. The molecule has 2 rings (SSSR count). The van der Waals surface area contributed by atoms with Crippen molar-refractivity contribution in [1.82, 2.24) is 4.90 Å². The van der Waals surface area contributed by atoms with Crippen molar-refractivity contribution in [2.45, 2.75) is 18.8 Å². The molecule has 1 heteroatoms. The van der Waals surface area contributed by atoms with Crippen LogP contribution < -0.4 is 0 Å². The van der Waals surface area contributed by atoms with E-state index in [-0.39, 0.29) is 0 Å². The maximum atomic E-state index is 3.78. The summed E-state index contributed by atoms with van der Waals surface area (Å²) >= 11 is 0. The van der Waals surface area contributed by atoms with Gasteiger partial charge >= 0.3 is 0 Å². The molecule has 15 heavy (non-hydrogen) atoms. The molecule has 0 amide bonds. The van der Waals surface area contributed by atoms with Gasteiger partial charge in [0, 0.05) is 0 Å². The Morgan fingerprint density at radius 1 is 1.20 bits per heavy atom. The summed E-state index contributed by atoms with van der Waals surface area (Å²) in [4.78, 5) is 2.41. The number of benzene rings is 1. The normalized spacial score (nSPS) is 19.0. The summed E-state index contributed by atoms with van der Waals surface area (Å²) in [5.41, 5.74) is 2.71. The van der Waals surface area contributed by atoms with Gasteiger partial charge in [0.05, 0.1) is 0 Å². The van der Waals surface area contributed by atoms with Crippen molar-refractivity contribution >= 4 is 6.08 Å². The van der Waals surface area contributed by atoms with Crippen molar-refractivity contribution in [3.8, 4) is 0 Å². The lowest BCUT2D eigenvalue weighted by Gasteiger charge is -2.29. The van der Waals surface area contributed by atoms with Gasteiger partial charge in [-0.2, -0.15) is 0 Å². The molecule has 1 nitrogen and oxygen atoms in total. The lowest BCUT2D eigenvalue weighted by atomic mass is 9.89. The number of likely N-dealkylation sites (tertiary alicyclic amines) is 1. The fourth-order valence-corrected chi connectivity index (χ4v) is 2.25. The van der Waals surface area contributed by atoms with E-state index in [2.05, 4.69) is 42.8 Å². The van der Waals surface area contributed by atoms with E-state index < -0.39 is 0 Å². The molecule has 1 aromatic rings. The Hall–Kier alpha value is -1.08. The topological polar surface area (TPSA) is 3.24 Å². The van der Waals surface area contributed by atoms with Crippen LogP contribution in [0.25, 0.3) is 6.08 Å².